The zero-order valence-corrected chi connectivity index (χ0v) is 15.8. The molecule has 1 atom stereocenters. The van der Waals surface area contributed by atoms with Gasteiger partial charge < -0.3 is 15.2 Å². The number of halogens is 2. The molecular weight excluding hydrogens is 396 g/mol. The van der Waals surface area contributed by atoms with Crippen molar-refractivity contribution in [3.63, 3.8) is 0 Å². The van der Waals surface area contributed by atoms with Crippen molar-refractivity contribution in [2.24, 2.45) is 0 Å². The van der Waals surface area contributed by atoms with E-state index in [2.05, 4.69) is 30.4 Å². The minimum Gasteiger partial charge on any atom is -0.473 e. The second-order valence-electron chi connectivity index (χ2n) is 6.30. The average molecular weight is 413 g/mol. The highest BCUT2D eigenvalue weighted by molar-refractivity contribution is 5.76. The predicted octanol–water partition coefficient (Wildman–Crippen LogP) is 2.40. The van der Waals surface area contributed by atoms with Crippen molar-refractivity contribution in [3.05, 3.63) is 60.4 Å². The van der Waals surface area contributed by atoms with Gasteiger partial charge in [-0.25, -0.2) is 23.9 Å². The summed E-state index contributed by atoms with van der Waals surface area (Å²) in [7, 11) is 0. The third-order valence-corrected chi connectivity index (χ3v) is 4.20. The number of aromatic nitrogens is 6. The Morgan fingerprint density at radius 3 is 2.73 bits per heavy atom. The van der Waals surface area contributed by atoms with Crippen LogP contribution in [0.5, 0.6) is 5.88 Å². The van der Waals surface area contributed by atoms with Crippen LogP contribution in [0.3, 0.4) is 0 Å². The Bertz CT molecular complexity index is 1170. The first-order valence-corrected chi connectivity index (χ1v) is 9.04. The Labute approximate surface area is 169 Å². The number of fused-ring (bicyclic) bond motifs is 1. The minimum atomic E-state index is -0.836. The molecule has 2 N–H and O–H groups in total. The van der Waals surface area contributed by atoms with Gasteiger partial charge in [-0.15, -0.1) is 0 Å². The van der Waals surface area contributed by atoms with Gasteiger partial charge in [-0.05, 0) is 19.1 Å². The largest absolute Gasteiger partial charge is 0.473 e. The molecule has 30 heavy (non-hydrogen) atoms. The van der Waals surface area contributed by atoms with E-state index in [4.69, 9.17) is 9.84 Å². The van der Waals surface area contributed by atoms with E-state index in [1.807, 2.05) is 18.2 Å². The standard InChI is InChI=1S/C19H17F2N7O2/c1-11(16-22-8-12(20)9-23-16)25-18-15(21)19(30-7-6-29)27-17(26-18)13-10-24-28-5-3-2-4-14(13)28/h2-5,8-11,29H,6-7H2,1H3,(H,25,26,27)/t11-/m0/s1. The maximum atomic E-state index is 15.0. The fourth-order valence-corrected chi connectivity index (χ4v) is 2.80. The molecule has 11 heteroatoms. The topological polar surface area (TPSA) is 110 Å². The van der Waals surface area contributed by atoms with Crippen LogP contribution in [0.25, 0.3) is 16.9 Å². The number of nitrogens with zero attached hydrogens (tertiary/aromatic N) is 6. The van der Waals surface area contributed by atoms with Crippen LogP contribution in [0.15, 0.2) is 43.0 Å². The van der Waals surface area contributed by atoms with Gasteiger partial charge in [0.1, 0.15) is 12.4 Å². The number of nitrogens with one attached hydrogen (secondary N) is 1. The fourth-order valence-electron chi connectivity index (χ4n) is 2.80. The Hall–Kier alpha value is -3.73. The van der Waals surface area contributed by atoms with E-state index in [9.17, 15) is 8.78 Å². The molecule has 0 aromatic carbocycles. The number of hydrogen-bond acceptors (Lipinski definition) is 8. The van der Waals surface area contributed by atoms with Crippen molar-refractivity contribution >= 4 is 11.3 Å². The van der Waals surface area contributed by atoms with Crippen molar-refractivity contribution in [2.75, 3.05) is 18.5 Å². The molecule has 0 unspecified atom stereocenters. The van der Waals surface area contributed by atoms with Gasteiger partial charge in [-0.2, -0.15) is 14.5 Å². The summed E-state index contributed by atoms with van der Waals surface area (Å²) in [5, 5.41) is 16.1. The normalized spacial score (nSPS) is 12.1. The number of ether oxygens (including phenoxy) is 1. The molecule has 4 rings (SSSR count). The third-order valence-electron chi connectivity index (χ3n) is 4.20. The average Bonchev–Trinajstić information content (AvgIpc) is 3.19. The first-order valence-electron chi connectivity index (χ1n) is 9.04. The first kappa shape index (κ1) is 19.6. The lowest BCUT2D eigenvalue weighted by Crippen LogP contribution is -2.15. The van der Waals surface area contributed by atoms with Crippen LogP contribution < -0.4 is 10.1 Å². The van der Waals surface area contributed by atoms with E-state index in [1.165, 1.54) is 0 Å². The van der Waals surface area contributed by atoms with Crippen LogP contribution in [0.2, 0.25) is 0 Å². The molecule has 9 nitrogen and oxygen atoms in total. The van der Waals surface area contributed by atoms with Crippen molar-refractivity contribution in [3.8, 4) is 17.3 Å². The third kappa shape index (κ3) is 3.87. The van der Waals surface area contributed by atoms with Crippen LogP contribution in [0.1, 0.15) is 18.8 Å². The van der Waals surface area contributed by atoms with Crippen LogP contribution in [0, 0.1) is 11.6 Å². The van der Waals surface area contributed by atoms with Gasteiger partial charge in [0.15, 0.2) is 17.5 Å². The Balaban J connectivity index is 1.75. The summed E-state index contributed by atoms with van der Waals surface area (Å²) in [5.74, 6) is -1.44. The van der Waals surface area contributed by atoms with Crippen molar-refractivity contribution in [1.29, 1.82) is 0 Å². The second kappa shape index (κ2) is 8.33. The van der Waals surface area contributed by atoms with E-state index < -0.39 is 17.7 Å². The zero-order valence-electron chi connectivity index (χ0n) is 15.8. The SMILES string of the molecule is C[C@H](Nc1nc(-c2cnn3ccccc23)nc(OCCO)c1F)c1ncc(F)cn1. The molecule has 0 amide bonds. The molecule has 4 aromatic heterocycles. The van der Waals surface area contributed by atoms with Crippen LogP contribution in [-0.2, 0) is 0 Å². The molecule has 0 radical (unpaired) electrons. The summed E-state index contributed by atoms with van der Waals surface area (Å²) >= 11 is 0. The molecule has 4 heterocycles. The van der Waals surface area contributed by atoms with E-state index in [1.54, 1.807) is 23.8 Å². The summed E-state index contributed by atoms with van der Waals surface area (Å²) in [6.45, 7) is 1.23. The molecule has 0 aliphatic rings. The molecule has 0 aliphatic carbocycles. The number of pyridine rings is 1. The van der Waals surface area contributed by atoms with Gasteiger partial charge in [0, 0.05) is 6.20 Å². The quantitative estimate of drug-likeness (QED) is 0.475. The van der Waals surface area contributed by atoms with Gasteiger partial charge >= 0.3 is 0 Å². The van der Waals surface area contributed by atoms with Crippen molar-refractivity contribution in [1.82, 2.24) is 29.5 Å². The second-order valence-corrected chi connectivity index (χ2v) is 6.30. The van der Waals surface area contributed by atoms with Gasteiger partial charge in [0.05, 0.1) is 42.3 Å². The molecular formula is C19H17F2N7O2. The predicted molar refractivity (Wildman–Crippen MR) is 103 cm³/mol. The summed E-state index contributed by atoms with van der Waals surface area (Å²) < 4.78 is 34.9. The highest BCUT2D eigenvalue weighted by Gasteiger charge is 2.21. The van der Waals surface area contributed by atoms with Crippen LogP contribution >= 0.6 is 0 Å². The van der Waals surface area contributed by atoms with E-state index in [-0.39, 0.29) is 36.6 Å². The van der Waals surface area contributed by atoms with Crippen molar-refractivity contribution < 1.29 is 18.6 Å². The summed E-state index contributed by atoms with van der Waals surface area (Å²) in [6.07, 6.45) is 5.38. The Morgan fingerprint density at radius 2 is 1.97 bits per heavy atom. The maximum Gasteiger partial charge on any atom is 0.256 e. The van der Waals surface area contributed by atoms with Gasteiger partial charge in [-0.1, -0.05) is 6.07 Å². The number of aliphatic hydroxyl groups is 1. The van der Waals surface area contributed by atoms with Gasteiger partial charge in [0.2, 0.25) is 5.82 Å². The number of rotatable bonds is 7. The summed E-state index contributed by atoms with van der Waals surface area (Å²) in [5.41, 5.74) is 1.29. The lowest BCUT2D eigenvalue weighted by atomic mass is 10.2. The van der Waals surface area contributed by atoms with Gasteiger partial charge in [-0.3, -0.25) is 0 Å². The molecule has 0 aliphatic heterocycles. The summed E-state index contributed by atoms with van der Waals surface area (Å²) in [4.78, 5) is 16.2. The number of aliphatic hydroxyl groups excluding tert-OH is 1. The summed E-state index contributed by atoms with van der Waals surface area (Å²) in [6, 6.07) is 4.89. The van der Waals surface area contributed by atoms with Crippen molar-refractivity contribution in [2.45, 2.75) is 13.0 Å². The lowest BCUT2D eigenvalue weighted by molar-refractivity contribution is 0.191. The molecule has 0 saturated heterocycles. The Morgan fingerprint density at radius 1 is 1.17 bits per heavy atom. The monoisotopic (exact) mass is 413 g/mol. The molecule has 0 bridgehead atoms. The van der Waals surface area contributed by atoms with Crippen LogP contribution in [-0.4, -0.2) is 47.9 Å². The molecule has 0 saturated carbocycles. The zero-order chi connectivity index (χ0) is 21.1. The minimum absolute atomic E-state index is 0.141. The number of hydrogen-bond donors (Lipinski definition) is 2. The highest BCUT2D eigenvalue weighted by atomic mass is 19.1. The van der Waals surface area contributed by atoms with E-state index in [0.717, 1.165) is 17.9 Å². The number of anilines is 1. The lowest BCUT2D eigenvalue weighted by Gasteiger charge is -2.16. The molecule has 0 spiro atoms. The maximum absolute atomic E-state index is 15.0. The molecule has 4 aromatic rings. The van der Waals surface area contributed by atoms with Crippen LogP contribution in [0.4, 0.5) is 14.6 Å². The van der Waals surface area contributed by atoms with Gasteiger partial charge in [0.25, 0.3) is 5.88 Å². The smallest absolute Gasteiger partial charge is 0.256 e. The molecule has 154 valence electrons. The fraction of sp³-hybridized carbons (Fsp3) is 0.211. The Kier molecular flexibility index (Phi) is 5.44. The van der Waals surface area contributed by atoms with E-state index >= 15 is 0 Å². The molecule has 0 fully saturated rings. The first-order chi connectivity index (χ1) is 14.6. The highest BCUT2D eigenvalue weighted by Crippen LogP contribution is 2.29. The van der Waals surface area contributed by atoms with E-state index in [0.29, 0.717) is 5.56 Å².